The highest BCUT2D eigenvalue weighted by Gasteiger charge is 2.24. The predicted octanol–water partition coefficient (Wildman–Crippen LogP) is 1.56. The number of hydrogen-bond donors (Lipinski definition) is 0. The number of hydrogen-bond acceptors (Lipinski definition) is 4. The third-order valence-electron chi connectivity index (χ3n) is 4.32. The van der Waals surface area contributed by atoms with Gasteiger partial charge in [0, 0.05) is 32.1 Å². The molecule has 1 amide bonds. The third kappa shape index (κ3) is 2.99. The molecule has 5 heteroatoms. The van der Waals surface area contributed by atoms with E-state index in [1.807, 2.05) is 11.0 Å². The van der Waals surface area contributed by atoms with Crippen molar-refractivity contribution in [3.63, 3.8) is 0 Å². The van der Waals surface area contributed by atoms with Crippen LogP contribution < -0.4 is 4.90 Å². The van der Waals surface area contributed by atoms with Crippen LogP contribution in [-0.2, 0) is 0 Å². The van der Waals surface area contributed by atoms with Gasteiger partial charge in [0.05, 0.1) is 0 Å². The quantitative estimate of drug-likeness (QED) is 0.773. The maximum absolute atomic E-state index is 12.4. The van der Waals surface area contributed by atoms with Gasteiger partial charge in [-0.25, -0.2) is 0 Å². The summed E-state index contributed by atoms with van der Waals surface area (Å²) < 4.78 is 0. The molecule has 2 aliphatic rings. The van der Waals surface area contributed by atoms with Gasteiger partial charge in [-0.3, -0.25) is 4.79 Å². The van der Waals surface area contributed by atoms with E-state index in [0.717, 1.165) is 31.7 Å². The zero-order valence-electron chi connectivity index (χ0n) is 12.2. The van der Waals surface area contributed by atoms with Gasteiger partial charge in [-0.1, -0.05) is 0 Å². The molecule has 0 saturated carbocycles. The molecule has 3 heterocycles. The molecule has 2 saturated heterocycles. The highest BCUT2D eigenvalue weighted by atomic mass is 16.2. The maximum Gasteiger partial charge on any atom is 0.274 e. The molecule has 0 bridgehead atoms. The Morgan fingerprint density at radius 1 is 1.14 bits per heavy atom. The lowest BCUT2D eigenvalue weighted by Crippen LogP contribution is -2.38. The average molecular weight is 284 g/mol. The van der Waals surface area contributed by atoms with Crippen molar-refractivity contribution in [1.29, 1.82) is 0 Å². The van der Waals surface area contributed by atoms with Crippen LogP contribution >= 0.6 is 0 Å². The van der Waals surface area contributed by atoms with E-state index in [9.17, 15) is 4.79 Å². The summed E-state index contributed by atoms with van der Waals surface area (Å²) in [5, 5.41) is 8.32. The molecule has 1 aromatic rings. The fourth-order valence-electron chi connectivity index (χ4n) is 2.97. The lowest BCUT2D eigenvalue weighted by Gasteiger charge is -2.29. The number of rotatable bonds is 2. The normalized spacial score (nSPS) is 19.6. The largest absolute Gasteiger partial charge is 0.355 e. The lowest BCUT2D eigenvalue weighted by atomic mass is 9.98. The maximum atomic E-state index is 12.4. The summed E-state index contributed by atoms with van der Waals surface area (Å²) >= 11 is 0. The van der Waals surface area contributed by atoms with Crippen LogP contribution in [0.2, 0.25) is 0 Å². The van der Waals surface area contributed by atoms with E-state index in [1.165, 1.54) is 12.8 Å². The van der Waals surface area contributed by atoms with E-state index in [0.29, 0.717) is 24.7 Å². The number of nitrogens with zero attached hydrogens (tertiary/aromatic N) is 4. The van der Waals surface area contributed by atoms with Crippen LogP contribution in [0.5, 0.6) is 0 Å². The first kappa shape index (κ1) is 13.9. The molecule has 110 valence electrons. The molecule has 5 nitrogen and oxygen atoms in total. The number of aromatic nitrogens is 2. The molecule has 2 fully saturated rings. The van der Waals surface area contributed by atoms with Crippen LogP contribution in [0.3, 0.4) is 0 Å². The Bertz CT molecular complexity index is 534. The van der Waals surface area contributed by atoms with Crippen molar-refractivity contribution in [2.24, 2.45) is 5.92 Å². The van der Waals surface area contributed by atoms with Gasteiger partial charge in [0.1, 0.15) is 0 Å². The summed E-state index contributed by atoms with van der Waals surface area (Å²) in [6.45, 7) is 3.48. The third-order valence-corrected chi connectivity index (χ3v) is 4.32. The summed E-state index contributed by atoms with van der Waals surface area (Å²) in [4.78, 5) is 16.4. The van der Waals surface area contributed by atoms with Crippen molar-refractivity contribution in [3.05, 3.63) is 17.8 Å². The van der Waals surface area contributed by atoms with Crippen LogP contribution in [0.15, 0.2) is 12.1 Å². The number of amides is 1. The highest BCUT2D eigenvalue weighted by molar-refractivity contribution is 5.92. The van der Waals surface area contributed by atoms with E-state index < -0.39 is 0 Å². The molecule has 0 aromatic carbocycles. The van der Waals surface area contributed by atoms with Crippen LogP contribution in [0.1, 0.15) is 36.2 Å². The molecule has 0 N–H and O–H groups in total. The first-order valence-electron chi connectivity index (χ1n) is 7.62. The minimum absolute atomic E-state index is 0.0362. The van der Waals surface area contributed by atoms with Crippen molar-refractivity contribution in [2.45, 2.75) is 25.7 Å². The number of likely N-dealkylation sites (tertiary alicyclic amines) is 1. The minimum atomic E-state index is -0.0362. The van der Waals surface area contributed by atoms with E-state index >= 15 is 0 Å². The van der Waals surface area contributed by atoms with Gasteiger partial charge in [-0.05, 0) is 37.8 Å². The Labute approximate surface area is 125 Å². The Balaban J connectivity index is 1.64. The molecule has 0 atom stereocenters. The van der Waals surface area contributed by atoms with Gasteiger partial charge in [0.2, 0.25) is 0 Å². The van der Waals surface area contributed by atoms with Crippen molar-refractivity contribution in [2.75, 3.05) is 31.1 Å². The number of terminal acetylenes is 1. The smallest absolute Gasteiger partial charge is 0.274 e. The monoisotopic (exact) mass is 284 g/mol. The van der Waals surface area contributed by atoms with Gasteiger partial charge < -0.3 is 9.80 Å². The average Bonchev–Trinajstić information content (AvgIpc) is 3.09. The summed E-state index contributed by atoms with van der Waals surface area (Å²) in [7, 11) is 0. The zero-order valence-corrected chi connectivity index (χ0v) is 12.2. The lowest BCUT2D eigenvalue weighted by molar-refractivity contribution is 0.0701. The van der Waals surface area contributed by atoms with Gasteiger partial charge in [0.15, 0.2) is 11.5 Å². The molecular formula is C16H20N4O. The molecule has 0 unspecified atom stereocenters. The van der Waals surface area contributed by atoms with E-state index in [-0.39, 0.29) is 5.91 Å². The Hall–Kier alpha value is -2.09. The molecular weight excluding hydrogens is 264 g/mol. The molecule has 2 aliphatic heterocycles. The molecule has 21 heavy (non-hydrogen) atoms. The Morgan fingerprint density at radius 3 is 2.43 bits per heavy atom. The summed E-state index contributed by atoms with van der Waals surface area (Å²) in [5.41, 5.74) is 0.428. The number of carbonyl (C=O) groups excluding carboxylic acids is 1. The van der Waals surface area contributed by atoms with Gasteiger partial charge in [0.25, 0.3) is 5.91 Å². The molecule has 0 spiro atoms. The predicted molar refractivity (Wildman–Crippen MR) is 80.9 cm³/mol. The molecule has 3 rings (SSSR count). The van der Waals surface area contributed by atoms with Crippen LogP contribution in [-0.4, -0.2) is 47.2 Å². The van der Waals surface area contributed by atoms with E-state index in [4.69, 9.17) is 6.42 Å². The topological polar surface area (TPSA) is 49.3 Å². The van der Waals surface area contributed by atoms with Crippen LogP contribution in [0, 0.1) is 18.3 Å². The summed E-state index contributed by atoms with van der Waals surface area (Å²) in [5.74, 6) is 3.91. The number of carbonyl (C=O) groups is 1. The number of anilines is 1. The Kier molecular flexibility index (Phi) is 4.05. The first-order valence-corrected chi connectivity index (χ1v) is 7.62. The second-order valence-corrected chi connectivity index (χ2v) is 5.70. The highest BCUT2D eigenvalue weighted by Crippen LogP contribution is 2.19. The fraction of sp³-hybridized carbons (Fsp3) is 0.562. The fourth-order valence-corrected chi connectivity index (χ4v) is 2.97. The molecule has 0 radical (unpaired) electrons. The zero-order chi connectivity index (χ0) is 14.7. The van der Waals surface area contributed by atoms with Gasteiger partial charge in [-0.2, -0.15) is 0 Å². The summed E-state index contributed by atoms with van der Waals surface area (Å²) in [6.07, 6.45) is 9.59. The van der Waals surface area contributed by atoms with Gasteiger partial charge >= 0.3 is 0 Å². The SMILES string of the molecule is C#CC1CCN(C(=O)c2ccc(N3CCCC3)nn2)CC1. The van der Waals surface area contributed by atoms with Crippen molar-refractivity contribution in [3.8, 4) is 12.3 Å². The second kappa shape index (κ2) is 6.13. The minimum Gasteiger partial charge on any atom is -0.355 e. The van der Waals surface area contributed by atoms with E-state index in [1.54, 1.807) is 6.07 Å². The van der Waals surface area contributed by atoms with Crippen LogP contribution in [0.25, 0.3) is 0 Å². The standard InChI is InChI=1S/C16H20N4O/c1-2-13-7-11-20(12-8-13)16(21)14-5-6-15(18-17-14)19-9-3-4-10-19/h1,5-6,13H,3-4,7-12H2. The second-order valence-electron chi connectivity index (χ2n) is 5.70. The van der Waals surface area contributed by atoms with Crippen molar-refractivity contribution in [1.82, 2.24) is 15.1 Å². The van der Waals surface area contributed by atoms with Crippen LogP contribution in [0.4, 0.5) is 5.82 Å². The summed E-state index contributed by atoms with van der Waals surface area (Å²) in [6, 6.07) is 3.69. The van der Waals surface area contributed by atoms with Gasteiger partial charge in [-0.15, -0.1) is 22.5 Å². The number of piperidine rings is 1. The van der Waals surface area contributed by atoms with E-state index in [2.05, 4.69) is 21.0 Å². The van der Waals surface area contributed by atoms with Crippen molar-refractivity contribution < 1.29 is 4.79 Å². The molecule has 0 aliphatic carbocycles. The Morgan fingerprint density at radius 2 is 1.86 bits per heavy atom. The molecule has 1 aromatic heterocycles. The first-order chi connectivity index (χ1) is 10.3. The van der Waals surface area contributed by atoms with Crippen molar-refractivity contribution >= 4 is 11.7 Å².